The van der Waals surface area contributed by atoms with E-state index in [1.807, 2.05) is 0 Å². The fourth-order valence-corrected chi connectivity index (χ4v) is 2.02. The number of rotatable bonds is 4. The molecule has 2 rings (SSSR count). The van der Waals surface area contributed by atoms with Crippen LogP contribution in [-0.4, -0.2) is 23.9 Å². The molecule has 2 aromatic carbocycles. The fourth-order valence-electron chi connectivity index (χ4n) is 1.77. The third-order valence-electron chi connectivity index (χ3n) is 2.80. The van der Waals surface area contributed by atoms with Crippen molar-refractivity contribution in [3.8, 4) is 0 Å². The van der Waals surface area contributed by atoms with E-state index >= 15 is 0 Å². The van der Waals surface area contributed by atoms with Gasteiger partial charge in [-0.15, -0.1) is 0 Å². The summed E-state index contributed by atoms with van der Waals surface area (Å²) >= 11 is 3.45. The van der Waals surface area contributed by atoms with Crippen LogP contribution in [0.5, 0.6) is 0 Å². The minimum atomic E-state index is 0.931. The van der Waals surface area contributed by atoms with E-state index in [1.165, 1.54) is 16.3 Å². The van der Waals surface area contributed by atoms with Gasteiger partial charge in [0.2, 0.25) is 0 Å². The monoisotopic (exact) mass is 277 g/mol. The number of fused-ring (bicyclic) bond motifs is 1. The summed E-state index contributed by atoms with van der Waals surface area (Å²) in [7, 11) is 2.12. The van der Waals surface area contributed by atoms with Crippen molar-refractivity contribution in [2.24, 2.45) is 0 Å². The van der Waals surface area contributed by atoms with Gasteiger partial charge in [0.25, 0.3) is 0 Å². The predicted octanol–water partition coefficient (Wildman–Crippen LogP) is 3.67. The Morgan fingerprint density at radius 3 is 2.56 bits per heavy atom. The summed E-state index contributed by atoms with van der Waals surface area (Å²) in [4.78, 5) is 2.26. The zero-order valence-electron chi connectivity index (χ0n) is 9.49. The largest absolute Gasteiger partial charge is 0.296 e. The van der Waals surface area contributed by atoms with Gasteiger partial charge in [-0.25, -0.2) is 0 Å². The number of likely N-dealkylation sites (N-methyl/N-ethyl adjacent to an activating group) is 1. The molecule has 1 nitrogen and oxygen atoms in total. The number of hydrogen-bond acceptors (Lipinski definition) is 1. The molecule has 0 spiro atoms. The SMILES string of the molecule is CN(CBr)CCc1ccc2ccccc2c1. The van der Waals surface area contributed by atoms with Gasteiger partial charge in [0, 0.05) is 6.54 Å². The maximum atomic E-state index is 3.45. The van der Waals surface area contributed by atoms with Gasteiger partial charge in [0.1, 0.15) is 0 Å². The third kappa shape index (κ3) is 2.83. The molecule has 0 aliphatic rings. The van der Waals surface area contributed by atoms with Crippen LogP contribution in [0.2, 0.25) is 0 Å². The Kier molecular flexibility index (Phi) is 3.97. The molecule has 0 saturated heterocycles. The zero-order chi connectivity index (χ0) is 11.4. The quantitative estimate of drug-likeness (QED) is 0.609. The van der Waals surface area contributed by atoms with Gasteiger partial charge in [0.05, 0.1) is 5.45 Å². The maximum absolute atomic E-state index is 3.45. The smallest absolute Gasteiger partial charge is 0.0539 e. The lowest BCUT2D eigenvalue weighted by molar-refractivity contribution is 0.401. The van der Waals surface area contributed by atoms with Crippen LogP contribution < -0.4 is 0 Å². The van der Waals surface area contributed by atoms with Crippen LogP contribution in [0, 0.1) is 0 Å². The topological polar surface area (TPSA) is 3.24 Å². The predicted molar refractivity (Wildman–Crippen MR) is 74.1 cm³/mol. The Balaban J connectivity index is 2.13. The number of halogens is 1. The first-order chi connectivity index (χ1) is 7.79. The minimum absolute atomic E-state index is 0.931. The Morgan fingerprint density at radius 1 is 1.06 bits per heavy atom. The lowest BCUT2D eigenvalue weighted by atomic mass is 10.1. The van der Waals surface area contributed by atoms with Crippen LogP contribution in [0.4, 0.5) is 0 Å². The molecule has 0 aliphatic heterocycles. The zero-order valence-corrected chi connectivity index (χ0v) is 11.1. The Bertz CT molecular complexity index is 467. The summed E-state index contributed by atoms with van der Waals surface area (Å²) in [6.07, 6.45) is 1.10. The van der Waals surface area contributed by atoms with Crippen molar-refractivity contribution in [1.82, 2.24) is 4.90 Å². The van der Waals surface area contributed by atoms with Gasteiger partial charge in [-0.1, -0.05) is 58.4 Å². The summed E-state index contributed by atoms with van der Waals surface area (Å²) in [6, 6.07) is 15.2. The van der Waals surface area contributed by atoms with E-state index in [0.29, 0.717) is 0 Å². The van der Waals surface area contributed by atoms with Gasteiger partial charge in [0.15, 0.2) is 0 Å². The van der Waals surface area contributed by atoms with Crippen LogP contribution in [0.3, 0.4) is 0 Å². The Hall–Kier alpha value is -0.860. The normalized spacial score (nSPS) is 11.2. The highest BCUT2D eigenvalue weighted by molar-refractivity contribution is 9.09. The summed E-state index contributed by atoms with van der Waals surface area (Å²) in [6.45, 7) is 1.09. The molecule has 0 aromatic heterocycles. The van der Waals surface area contributed by atoms with Gasteiger partial charge in [-0.2, -0.15) is 0 Å². The summed E-state index contributed by atoms with van der Waals surface area (Å²) in [5.41, 5.74) is 2.34. The molecule has 0 heterocycles. The summed E-state index contributed by atoms with van der Waals surface area (Å²) in [5, 5.41) is 2.65. The van der Waals surface area contributed by atoms with E-state index in [1.54, 1.807) is 0 Å². The molecule has 16 heavy (non-hydrogen) atoms. The molecule has 0 bridgehead atoms. The second-order valence-corrected chi connectivity index (χ2v) is 4.63. The van der Waals surface area contributed by atoms with Crippen LogP contribution in [-0.2, 0) is 6.42 Å². The van der Waals surface area contributed by atoms with Gasteiger partial charge in [-0.3, -0.25) is 4.90 Å². The van der Waals surface area contributed by atoms with Crippen molar-refractivity contribution >= 4 is 26.7 Å². The number of alkyl halides is 1. The summed E-state index contributed by atoms with van der Waals surface area (Å²) < 4.78 is 0. The average Bonchev–Trinajstić information content (AvgIpc) is 2.35. The van der Waals surface area contributed by atoms with E-state index in [9.17, 15) is 0 Å². The molecule has 0 atom stereocenters. The second kappa shape index (κ2) is 5.46. The van der Waals surface area contributed by atoms with E-state index in [-0.39, 0.29) is 0 Å². The van der Waals surface area contributed by atoms with Gasteiger partial charge >= 0.3 is 0 Å². The fraction of sp³-hybridized carbons (Fsp3) is 0.286. The van der Waals surface area contributed by atoms with Crippen LogP contribution in [0.25, 0.3) is 10.8 Å². The van der Waals surface area contributed by atoms with E-state index in [0.717, 1.165) is 18.4 Å². The highest BCUT2D eigenvalue weighted by atomic mass is 79.9. The molecule has 0 amide bonds. The van der Waals surface area contributed by atoms with Crippen LogP contribution in [0.15, 0.2) is 42.5 Å². The molecule has 2 aromatic rings. The Morgan fingerprint density at radius 2 is 1.81 bits per heavy atom. The molecule has 2 heteroatoms. The molecular formula is C14H16BrN. The molecule has 84 valence electrons. The molecule has 0 unspecified atom stereocenters. The van der Waals surface area contributed by atoms with Crippen molar-refractivity contribution in [3.63, 3.8) is 0 Å². The van der Waals surface area contributed by atoms with Crippen molar-refractivity contribution < 1.29 is 0 Å². The number of hydrogen-bond donors (Lipinski definition) is 0. The molecule has 0 radical (unpaired) electrons. The van der Waals surface area contributed by atoms with Gasteiger partial charge in [-0.05, 0) is 29.8 Å². The average molecular weight is 278 g/mol. The first-order valence-electron chi connectivity index (χ1n) is 5.52. The van der Waals surface area contributed by atoms with Crippen molar-refractivity contribution in [2.45, 2.75) is 6.42 Å². The molecule has 0 aliphatic carbocycles. The van der Waals surface area contributed by atoms with Crippen LogP contribution in [0.1, 0.15) is 5.56 Å². The highest BCUT2D eigenvalue weighted by Gasteiger charge is 1.99. The molecule has 0 fully saturated rings. The Labute approximate surface area is 105 Å². The number of benzene rings is 2. The summed E-state index contributed by atoms with van der Waals surface area (Å²) in [5.74, 6) is 0. The maximum Gasteiger partial charge on any atom is 0.0539 e. The third-order valence-corrected chi connectivity index (χ3v) is 3.66. The molecular weight excluding hydrogens is 262 g/mol. The van der Waals surface area contributed by atoms with E-state index in [4.69, 9.17) is 0 Å². The van der Waals surface area contributed by atoms with E-state index < -0.39 is 0 Å². The lowest BCUT2D eigenvalue weighted by Gasteiger charge is -2.12. The van der Waals surface area contributed by atoms with Crippen molar-refractivity contribution in [2.75, 3.05) is 19.0 Å². The lowest BCUT2D eigenvalue weighted by Crippen LogP contribution is -2.18. The number of nitrogens with zero attached hydrogens (tertiary/aromatic N) is 1. The highest BCUT2D eigenvalue weighted by Crippen LogP contribution is 2.16. The second-order valence-electron chi connectivity index (χ2n) is 4.13. The standard InChI is InChI=1S/C14H16BrN/c1-16(11-15)9-8-12-6-7-13-4-2-3-5-14(13)10-12/h2-7,10H,8-9,11H2,1H3. The van der Waals surface area contributed by atoms with E-state index in [2.05, 4.69) is 70.3 Å². The first-order valence-corrected chi connectivity index (χ1v) is 6.64. The van der Waals surface area contributed by atoms with Crippen LogP contribution >= 0.6 is 15.9 Å². The molecule has 0 N–H and O–H groups in total. The minimum Gasteiger partial charge on any atom is -0.296 e. The van der Waals surface area contributed by atoms with Crippen molar-refractivity contribution in [1.29, 1.82) is 0 Å². The van der Waals surface area contributed by atoms with Gasteiger partial charge < -0.3 is 0 Å². The van der Waals surface area contributed by atoms with Crippen molar-refractivity contribution in [3.05, 3.63) is 48.0 Å². The first kappa shape index (κ1) is 11.6. The molecule has 0 saturated carbocycles.